The Morgan fingerprint density at radius 3 is 3.09 bits per heavy atom. The first-order valence-corrected chi connectivity index (χ1v) is 6.98. The molecule has 3 rings (SSSR count). The molecule has 0 aromatic carbocycles. The molecule has 8 heteroatoms. The van der Waals surface area contributed by atoms with Gasteiger partial charge in [0.1, 0.15) is 6.54 Å². The Kier molecular flexibility index (Phi) is 3.72. The van der Waals surface area contributed by atoms with E-state index in [0.29, 0.717) is 12.2 Å². The normalized spacial score (nSPS) is 11.0. The summed E-state index contributed by atoms with van der Waals surface area (Å²) in [6, 6.07) is 1.67. The van der Waals surface area contributed by atoms with E-state index in [0.717, 1.165) is 16.5 Å². The molecule has 0 amide bonds. The lowest BCUT2D eigenvalue weighted by Gasteiger charge is -2.02. The van der Waals surface area contributed by atoms with Gasteiger partial charge in [0, 0.05) is 35.0 Å². The fourth-order valence-electron chi connectivity index (χ4n) is 2.17. The van der Waals surface area contributed by atoms with Crippen LogP contribution in [-0.2, 0) is 16.1 Å². The number of rotatable bonds is 4. The number of halogens is 1. The molecule has 0 radical (unpaired) electrons. The molecular weight excluding hydrogens is 308 g/mol. The van der Waals surface area contributed by atoms with E-state index < -0.39 is 0 Å². The van der Waals surface area contributed by atoms with Gasteiger partial charge in [0.2, 0.25) is 0 Å². The van der Waals surface area contributed by atoms with Crippen LogP contribution in [0.2, 0.25) is 5.22 Å². The molecule has 0 aliphatic heterocycles. The number of nitrogen functional groups attached to an aromatic ring is 1. The molecule has 3 aromatic rings. The van der Waals surface area contributed by atoms with Crippen molar-refractivity contribution in [1.29, 1.82) is 0 Å². The lowest BCUT2D eigenvalue weighted by atomic mass is 10.1. The molecule has 114 valence electrons. The highest BCUT2D eigenvalue weighted by Gasteiger charge is 2.14. The van der Waals surface area contributed by atoms with Crippen molar-refractivity contribution < 1.29 is 13.9 Å². The third kappa shape index (κ3) is 2.62. The van der Waals surface area contributed by atoms with E-state index >= 15 is 0 Å². The average molecular weight is 321 g/mol. The van der Waals surface area contributed by atoms with Crippen molar-refractivity contribution in [2.75, 3.05) is 12.3 Å². The molecule has 0 aliphatic rings. The van der Waals surface area contributed by atoms with Crippen molar-refractivity contribution in [3.05, 3.63) is 29.9 Å². The number of ether oxygens (including phenoxy) is 1. The standard InChI is InChI=1S/C14H13ClN4O3/c1-2-21-12(20)7-19-6-8(4-18-19)10-5-17-14(16)13-9(10)3-11(15)22-13/h3-6H,2,7H2,1H3,(H2,16,17). The minimum atomic E-state index is -0.343. The molecule has 22 heavy (non-hydrogen) atoms. The monoisotopic (exact) mass is 320 g/mol. The minimum Gasteiger partial charge on any atom is -0.465 e. The van der Waals surface area contributed by atoms with Gasteiger partial charge in [0.05, 0.1) is 12.8 Å². The lowest BCUT2D eigenvalue weighted by molar-refractivity contribution is -0.144. The van der Waals surface area contributed by atoms with Crippen LogP contribution in [0.5, 0.6) is 0 Å². The van der Waals surface area contributed by atoms with E-state index in [2.05, 4.69) is 10.1 Å². The van der Waals surface area contributed by atoms with Gasteiger partial charge in [-0.1, -0.05) is 0 Å². The molecule has 0 saturated carbocycles. The minimum absolute atomic E-state index is 0.0471. The van der Waals surface area contributed by atoms with Gasteiger partial charge in [-0.15, -0.1) is 0 Å². The second-order valence-electron chi connectivity index (χ2n) is 4.58. The van der Waals surface area contributed by atoms with E-state index in [1.807, 2.05) is 0 Å². The maximum Gasteiger partial charge on any atom is 0.327 e. The van der Waals surface area contributed by atoms with Gasteiger partial charge in [0.25, 0.3) is 0 Å². The SMILES string of the molecule is CCOC(=O)Cn1cc(-c2cnc(N)c3oc(Cl)cc23)cn1. The third-order valence-electron chi connectivity index (χ3n) is 3.10. The predicted molar refractivity (Wildman–Crippen MR) is 81.3 cm³/mol. The topological polar surface area (TPSA) is 96.2 Å². The van der Waals surface area contributed by atoms with Crippen molar-refractivity contribution in [3.8, 4) is 11.1 Å². The summed E-state index contributed by atoms with van der Waals surface area (Å²) in [5.41, 5.74) is 7.76. The highest BCUT2D eigenvalue weighted by molar-refractivity contribution is 6.30. The summed E-state index contributed by atoms with van der Waals surface area (Å²) in [5.74, 6) is -0.0753. The zero-order valence-corrected chi connectivity index (χ0v) is 12.5. The number of hydrogen-bond donors (Lipinski definition) is 1. The van der Waals surface area contributed by atoms with E-state index in [-0.39, 0.29) is 23.6 Å². The van der Waals surface area contributed by atoms with Crippen LogP contribution >= 0.6 is 11.6 Å². The first-order chi connectivity index (χ1) is 10.6. The van der Waals surface area contributed by atoms with Gasteiger partial charge >= 0.3 is 5.97 Å². The maximum atomic E-state index is 11.5. The Morgan fingerprint density at radius 2 is 2.32 bits per heavy atom. The molecule has 0 spiro atoms. The zero-order valence-electron chi connectivity index (χ0n) is 11.7. The van der Waals surface area contributed by atoms with Crippen LogP contribution in [0.3, 0.4) is 0 Å². The first-order valence-electron chi connectivity index (χ1n) is 6.60. The van der Waals surface area contributed by atoms with E-state index in [4.69, 9.17) is 26.5 Å². The quantitative estimate of drug-likeness (QED) is 0.742. The van der Waals surface area contributed by atoms with Crippen LogP contribution in [0.25, 0.3) is 22.1 Å². The highest BCUT2D eigenvalue weighted by atomic mass is 35.5. The van der Waals surface area contributed by atoms with Gasteiger partial charge < -0.3 is 14.9 Å². The number of nitrogens with two attached hydrogens (primary N) is 1. The Morgan fingerprint density at radius 1 is 1.50 bits per heavy atom. The number of fused-ring (bicyclic) bond motifs is 1. The Balaban J connectivity index is 1.97. The molecule has 3 heterocycles. The maximum absolute atomic E-state index is 11.5. The number of esters is 1. The molecule has 3 aromatic heterocycles. The van der Waals surface area contributed by atoms with Gasteiger partial charge in [-0.05, 0) is 18.5 Å². The molecule has 0 fully saturated rings. The Hall–Kier alpha value is -2.54. The second-order valence-corrected chi connectivity index (χ2v) is 4.95. The number of aromatic nitrogens is 3. The number of hydrogen-bond acceptors (Lipinski definition) is 6. The molecule has 0 bridgehead atoms. The van der Waals surface area contributed by atoms with Crippen LogP contribution in [0, 0.1) is 0 Å². The van der Waals surface area contributed by atoms with Crippen molar-refractivity contribution >= 4 is 34.4 Å². The Labute approximate surface area is 130 Å². The molecule has 2 N–H and O–H groups in total. The summed E-state index contributed by atoms with van der Waals surface area (Å²) < 4.78 is 11.7. The molecule has 0 unspecified atom stereocenters. The fraction of sp³-hybridized carbons (Fsp3) is 0.214. The third-order valence-corrected chi connectivity index (χ3v) is 3.28. The number of carbonyl (C=O) groups is 1. The highest BCUT2D eigenvalue weighted by Crippen LogP contribution is 2.34. The second kappa shape index (κ2) is 5.69. The van der Waals surface area contributed by atoms with Gasteiger partial charge in [-0.3, -0.25) is 9.48 Å². The lowest BCUT2D eigenvalue weighted by Crippen LogP contribution is -2.13. The largest absolute Gasteiger partial charge is 0.465 e. The van der Waals surface area contributed by atoms with Crippen LogP contribution in [-0.4, -0.2) is 27.3 Å². The van der Waals surface area contributed by atoms with Crippen molar-refractivity contribution in [2.45, 2.75) is 13.5 Å². The summed E-state index contributed by atoms with van der Waals surface area (Å²) in [6.45, 7) is 2.14. The van der Waals surface area contributed by atoms with E-state index in [1.165, 1.54) is 4.68 Å². The number of furan rings is 1. The summed E-state index contributed by atoms with van der Waals surface area (Å²) in [7, 11) is 0. The average Bonchev–Trinajstić information content (AvgIpc) is 3.06. The number of anilines is 1. The number of nitrogens with zero attached hydrogens (tertiary/aromatic N) is 3. The van der Waals surface area contributed by atoms with Gasteiger partial charge in [-0.2, -0.15) is 5.10 Å². The smallest absolute Gasteiger partial charge is 0.327 e. The number of pyridine rings is 1. The Bertz CT molecular complexity index is 840. The van der Waals surface area contributed by atoms with Crippen molar-refractivity contribution in [3.63, 3.8) is 0 Å². The number of carbonyl (C=O) groups excluding carboxylic acids is 1. The molecule has 0 aliphatic carbocycles. The molecule has 7 nitrogen and oxygen atoms in total. The van der Waals surface area contributed by atoms with Crippen molar-refractivity contribution in [1.82, 2.24) is 14.8 Å². The van der Waals surface area contributed by atoms with E-state index in [9.17, 15) is 4.79 Å². The van der Waals surface area contributed by atoms with E-state index in [1.54, 1.807) is 31.6 Å². The predicted octanol–water partition coefficient (Wildman–Crippen LogP) is 2.49. The van der Waals surface area contributed by atoms with Crippen LogP contribution in [0.1, 0.15) is 6.92 Å². The summed E-state index contributed by atoms with van der Waals surface area (Å²) >= 11 is 5.89. The summed E-state index contributed by atoms with van der Waals surface area (Å²) in [5, 5.41) is 5.12. The fourth-order valence-corrected chi connectivity index (χ4v) is 2.36. The van der Waals surface area contributed by atoms with Gasteiger partial charge in [0.15, 0.2) is 16.6 Å². The van der Waals surface area contributed by atoms with Crippen LogP contribution in [0.4, 0.5) is 5.82 Å². The van der Waals surface area contributed by atoms with Gasteiger partial charge in [-0.25, -0.2) is 4.98 Å². The van der Waals surface area contributed by atoms with Crippen molar-refractivity contribution in [2.24, 2.45) is 0 Å². The summed E-state index contributed by atoms with van der Waals surface area (Å²) in [6.07, 6.45) is 4.98. The molecule has 0 saturated heterocycles. The van der Waals surface area contributed by atoms with Crippen LogP contribution < -0.4 is 5.73 Å². The van der Waals surface area contributed by atoms with Crippen LogP contribution in [0.15, 0.2) is 29.1 Å². The molecule has 0 atom stereocenters. The summed E-state index contributed by atoms with van der Waals surface area (Å²) in [4.78, 5) is 15.6. The molecular formula is C14H13ClN4O3. The zero-order chi connectivity index (χ0) is 15.7. The first kappa shape index (κ1) is 14.4.